The van der Waals surface area contributed by atoms with Crippen molar-refractivity contribution in [2.45, 2.75) is 32.1 Å². The van der Waals surface area contributed by atoms with Crippen molar-refractivity contribution in [1.29, 1.82) is 0 Å². The standard InChI is InChI=1S/C17H22N2O4/c1-18-15(21)13-5-2-4-12(10-13)6-9-19-14(20)11-17(16(22)23)7-3-8-17/h2,4-5,10H,3,6-9,11H2,1H3,(H,18,21)(H,19,20)(H,22,23). The zero-order valence-corrected chi connectivity index (χ0v) is 13.2. The highest BCUT2D eigenvalue weighted by Gasteiger charge is 2.45. The molecule has 0 aliphatic heterocycles. The fourth-order valence-corrected chi connectivity index (χ4v) is 2.80. The van der Waals surface area contributed by atoms with Gasteiger partial charge in [-0.3, -0.25) is 14.4 Å². The molecule has 3 N–H and O–H groups in total. The number of hydrogen-bond donors (Lipinski definition) is 3. The Bertz CT molecular complexity index is 608. The maximum Gasteiger partial charge on any atom is 0.310 e. The van der Waals surface area contributed by atoms with Gasteiger partial charge in [-0.1, -0.05) is 18.6 Å². The third-order valence-electron chi connectivity index (χ3n) is 4.42. The van der Waals surface area contributed by atoms with Crippen LogP contribution in [-0.2, 0) is 16.0 Å². The Kier molecular flexibility index (Phi) is 5.36. The monoisotopic (exact) mass is 318 g/mol. The van der Waals surface area contributed by atoms with Crippen molar-refractivity contribution in [3.8, 4) is 0 Å². The van der Waals surface area contributed by atoms with Crippen LogP contribution in [0.2, 0.25) is 0 Å². The van der Waals surface area contributed by atoms with E-state index in [1.807, 2.05) is 6.07 Å². The zero-order valence-electron chi connectivity index (χ0n) is 13.2. The number of carbonyl (C=O) groups excluding carboxylic acids is 2. The van der Waals surface area contributed by atoms with E-state index in [-0.39, 0.29) is 18.2 Å². The second-order valence-electron chi connectivity index (χ2n) is 6.00. The molecule has 1 saturated carbocycles. The van der Waals surface area contributed by atoms with Gasteiger partial charge in [-0.25, -0.2) is 0 Å². The Morgan fingerprint density at radius 1 is 1.26 bits per heavy atom. The van der Waals surface area contributed by atoms with Gasteiger partial charge in [0.1, 0.15) is 0 Å². The highest BCUT2D eigenvalue weighted by molar-refractivity contribution is 5.94. The first-order valence-electron chi connectivity index (χ1n) is 7.78. The van der Waals surface area contributed by atoms with Crippen LogP contribution in [0.25, 0.3) is 0 Å². The average Bonchev–Trinajstić information content (AvgIpc) is 2.50. The van der Waals surface area contributed by atoms with E-state index in [4.69, 9.17) is 0 Å². The predicted octanol–water partition coefficient (Wildman–Crippen LogP) is 1.35. The summed E-state index contributed by atoms with van der Waals surface area (Å²) in [6.07, 6.45) is 2.65. The van der Waals surface area contributed by atoms with E-state index < -0.39 is 11.4 Å². The molecule has 0 heterocycles. The van der Waals surface area contributed by atoms with Crippen LogP contribution in [0, 0.1) is 5.41 Å². The average molecular weight is 318 g/mol. The molecule has 1 aromatic carbocycles. The summed E-state index contributed by atoms with van der Waals surface area (Å²) >= 11 is 0. The van der Waals surface area contributed by atoms with Gasteiger partial charge in [-0.15, -0.1) is 0 Å². The molecular formula is C17H22N2O4. The van der Waals surface area contributed by atoms with Gasteiger partial charge < -0.3 is 15.7 Å². The lowest BCUT2D eigenvalue weighted by molar-refractivity contribution is -0.157. The molecule has 0 bridgehead atoms. The van der Waals surface area contributed by atoms with Gasteiger partial charge in [0.2, 0.25) is 5.91 Å². The van der Waals surface area contributed by atoms with Crippen molar-refractivity contribution < 1.29 is 19.5 Å². The topological polar surface area (TPSA) is 95.5 Å². The molecule has 0 saturated heterocycles. The summed E-state index contributed by atoms with van der Waals surface area (Å²) < 4.78 is 0. The summed E-state index contributed by atoms with van der Waals surface area (Å²) in [4.78, 5) is 34.7. The van der Waals surface area contributed by atoms with E-state index >= 15 is 0 Å². The molecule has 0 aromatic heterocycles. The van der Waals surface area contributed by atoms with Gasteiger partial charge in [-0.2, -0.15) is 0 Å². The van der Waals surface area contributed by atoms with Gasteiger partial charge in [0.15, 0.2) is 0 Å². The summed E-state index contributed by atoms with van der Waals surface area (Å²) in [5.74, 6) is -1.25. The van der Waals surface area contributed by atoms with E-state index in [0.717, 1.165) is 12.0 Å². The maximum absolute atomic E-state index is 11.9. The highest BCUT2D eigenvalue weighted by atomic mass is 16.4. The van der Waals surface area contributed by atoms with Gasteiger partial charge in [0, 0.05) is 25.6 Å². The molecule has 23 heavy (non-hydrogen) atoms. The molecule has 1 fully saturated rings. The third kappa shape index (κ3) is 4.09. The molecule has 0 unspecified atom stereocenters. The summed E-state index contributed by atoms with van der Waals surface area (Å²) in [5.41, 5.74) is 0.669. The third-order valence-corrected chi connectivity index (χ3v) is 4.42. The van der Waals surface area contributed by atoms with Crippen molar-refractivity contribution in [3.63, 3.8) is 0 Å². The minimum atomic E-state index is -0.878. The molecule has 1 aliphatic rings. The number of nitrogens with one attached hydrogen (secondary N) is 2. The van der Waals surface area contributed by atoms with Gasteiger partial charge in [0.25, 0.3) is 5.91 Å². The second kappa shape index (κ2) is 7.26. The van der Waals surface area contributed by atoms with Crippen molar-refractivity contribution in [1.82, 2.24) is 10.6 Å². The molecule has 6 heteroatoms. The number of carboxylic acid groups (broad SMARTS) is 1. The number of rotatable bonds is 7. The number of amides is 2. The number of carbonyl (C=O) groups is 3. The smallest absolute Gasteiger partial charge is 0.310 e. The van der Waals surface area contributed by atoms with Crippen LogP contribution in [0.5, 0.6) is 0 Å². The van der Waals surface area contributed by atoms with E-state index in [1.54, 1.807) is 25.2 Å². The first-order valence-corrected chi connectivity index (χ1v) is 7.78. The summed E-state index contributed by atoms with van der Waals surface area (Å²) in [6.45, 7) is 0.422. The molecule has 2 rings (SSSR count). The van der Waals surface area contributed by atoms with Crippen LogP contribution >= 0.6 is 0 Å². The molecule has 0 atom stereocenters. The Hall–Kier alpha value is -2.37. The first kappa shape index (κ1) is 17.0. The molecular weight excluding hydrogens is 296 g/mol. The van der Waals surface area contributed by atoms with Gasteiger partial charge >= 0.3 is 5.97 Å². The number of hydrogen-bond acceptors (Lipinski definition) is 3. The Morgan fingerprint density at radius 2 is 2.00 bits per heavy atom. The zero-order chi connectivity index (χ0) is 16.9. The van der Waals surface area contributed by atoms with Crippen molar-refractivity contribution >= 4 is 17.8 Å². The Balaban J connectivity index is 1.82. The molecule has 124 valence electrons. The number of carboxylic acids is 1. The van der Waals surface area contributed by atoms with Crippen LogP contribution in [0.4, 0.5) is 0 Å². The summed E-state index contributed by atoms with van der Waals surface area (Å²) in [6, 6.07) is 7.21. The van der Waals surface area contributed by atoms with Gasteiger partial charge in [-0.05, 0) is 37.0 Å². The molecule has 2 amide bonds. The minimum absolute atomic E-state index is 0.0423. The van der Waals surface area contributed by atoms with Crippen LogP contribution in [0.3, 0.4) is 0 Å². The van der Waals surface area contributed by atoms with Gasteiger partial charge in [0.05, 0.1) is 5.41 Å². The van der Waals surface area contributed by atoms with Crippen LogP contribution < -0.4 is 10.6 Å². The van der Waals surface area contributed by atoms with Crippen LogP contribution in [0.1, 0.15) is 41.6 Å². The lowest BCUT2D eigenvalue weighted by atomic mass is 9.66. The largest absolute Gasteiger partial charge is 0.481 e. The number of benzene rings is 1. The van der Waals surface area contributed by atoms with E-state index in [2.05, 4.69) is 10.6 Å². The predicted molar refractivity (Wildman–Crippen MR) is 85.1 cm³/mol. The van der Waals surface area contributed by atoms with Crippen molar-refractivity contribution in [3.05, 3.63) is 35.4 Å². The SMILES string of the molecule is CNC(=O)c1cccc(CCNC(=O)CC2(C(=O)O)CCC2)c1. The Labute approximate surface area is 135 Å². The molecule has 0 radical (unpaired) electrons. The Morgan fingerprint density at radius 3 is 2.57 bits per heavy atom. The quantitative estimate of drug-likeness (QED) is 0.707. The van der Waals surface area contributed by atoms with Crippen molar-refractivity contribution in [2.75, 3.05) is 13.6 Å². The fourth-order valence-electron chi connectivity index (χ4n) is 2.80. The summed E-state index contributed by atoms with van der Waals surface area (Å²) in [5, 5.41) is 14.6. The van der Waals surface area contributed by atoms with Crippen LogP contribution in [0.15, 0.2) is 24.3 Å². The van der Waals surface area contributed by atoms with E-state index in [1.165, 1.54) is 0 Å². The molecule has 6 nitrogen and oxygen atoms in total. The number of aliphatic carboxylic acids is 1. The maximum atomic E-state index is 11.9. The normalized spacial score (nSPS) is 15.3. The summed E-state index contributed by atoms with van der Waals surface area (Å²) in [7, 11) is 1.58. The van der Waals surface area contributed by atoms with Crippen LogP contribution in [-0.4, -0.2) is 36.5 Å². The first-order chi connectivity index (χ1) is 11.0. The highest BCUT2D eigenvalue weighted by Crippen LogP contribution is 2.44. The molecule has 0 spiro atoms. The van der Waals surface area contributed by atoms with E-state index in [9.17, 15) is 19.5 Å². The molecule has 1 aliphatic carbocycles. The van der Waals surface area contributed by atoms with E-state index in [0.29, 0.717) is 31.4 Å². The van der Waals surface area contributed by atoms with Crippen molar-refractivity contribution in [2.24, 2.45) is 5.41 Å². The fraction of sp³-hybridized carbons (Fsp3) is 0.471. The minimum Gasteiger partial charge on any atom is -0.481 e. The second-order valence-corrected chi connectivity index (χ2v) is 6.00. The lowest BCUT2D eigenvalue weighted by Gasteiger charge is -2.36. The molecule has 1 aromatic rings. The lowest BCUT2D eigenvalue weighted by Crippen LogP contribution is -2.42.